The van der Waals surface area contributed by atoms with Crippen molar-refractivity contribution in [3.63, 3.8) is 0 Å². The number of ether oxygens (including phenoxy) is 2. The van der Waals surface area contributed by atoms with Crippen molar-refractivity contribution in [2.75, 3.05) is 19.9 Å². The Kier molecular flexibility index (Phi) is 4.38. The van der Waals surface area contributed by atoms with Gasteiger partial charge < -0.3 is 9.47 Å². The second-order valence-electron chi connectivity index (χ2n) is 6.59. The van der Waals surface area contributed by atoms with Gasteiger partial charge >= 0.3 is 0 Å². The monoisotopic (exact) mass is 340 g/mol. The number of benzene rings is 2. The number of nitro groups is 1. The number of hydrogen-bond acceptors (Lipinski definition) is 5. The van der Waals surface area contributed by atoms with Crippen LogP contribution in [0, 0.1) is 10.1 Å². The number of nitrogens with zero attached hydrogens (tertiary/aromatic N) is 2. The van der Waals surface area contributed by atoms with Crippen LogP contribution in [-0.4, -0.2) is 29.7 Å². The summed E-state index contributed by atoms with van der Waals surface area (Å²) in [6.07, 6.45) is 1.10. The average molecular weight is 340 g/mol. The van der Waals surface area contributed by atoms with Crippen molar-refractivity contribution in [3.8, 4) is 5.75 Å². The molecule has 2 aromatic rings. The Balaban J connectivity index is 1.55. The molecule has 0 N–H and O–H groups in total. The molecule has 0 aromatic heterocycles. The Hall–Kier alpha value is -2.44. The molecule has 0 amide bonds. The highest BCUT2D eigenvalue weighted by Gasteiger charge is 2.27. The molecule has 0 unspecified atom stereocenters. The number of likely N-dealkylation sites (tertiary alicyclic amines) is 1. The molecule has 0 bridgehead atoms. The van der Waals surface area contributed by atoms with E-state index in [4.69, 9.17) is 9.47 Å². The minimum atomic E-state index is -0.352. The van der Waals surface area contributed by atoms with Gasteiger partial charge in [-0.15, -0.1) is 0 Å². The molecule has 130 valence electrons. The predicted octanol–water partition coefficient (Wildman–Crippen LogP) is 3.45. The normalized spacial score (nSPS) is 20.1. The van der Waals surface area contributed by atoms with Crippen molar-refractivity contribution in [1.82, 2.24) is 4.90 Å². The fourth-order valence-electron chi connectivity index (χ4n) is 3.72. The molecule has 4 rings (SSSR count). The van der Waals surface area contributed by atoms with Gasteiger partial charge in [0, 0.05) is 36.3 Å². The highest BCUT2D eigenvalue weighted by molar-refractivity contribution is 5.50. The maximum Gasteiger partial charge on any atom is 0.270 e. The molecule has 0 spiro atoms. The van der Waals surface area contributed by atoms with Gasteiger partial charge in [-0.05, 0) is 24.4 Å². The minimum absolute atomic E-state index is 0.0988. The number of nitro benzene ring substituents is 1. The molecule has 2 aliphatic heterocycles. The standard InChI is InChI=1S/C19H20N2O4/c22-21(23)18-8-16(19-17(9-18)12-24-13-25-19)11-20-7-6-15(10-20)14-4-2-1-3-5-14/h1-5,8-9,15H,6-7,10-13H2/t15-/m0/s1. The lowest BCUT2D eigenvalue weighted by Gasteiger charge is -2.23. The van der Waals surface area contributed by atoms with E-state index >= 15 is 0 Å². The minimum Gasteiger partial charge on any atom is -0.467 e. The van der Waals surface area contributed by atoms with Gasteiger partial charge in [0.15, 0.2) is 6.79 Å². The summed E-state index contributed by atoms with van der Waals surface area (Å²) in [6, 6.07) is 13.7. The molecule has 2 aliphatic rings. The Bertz CT molecular complexity index is 778. The first-order chi connectivity index (χ1) is 12.2. The van der Waals surface area contributed by atoms with E-state index in [2.05, 4.69) is 29.2 Å². The summed E-state index contributed by atoms with van der Waals surface area (Å²) in [4.78, 5) is 13.2. The summed E-state index contributed by atoms with van der Waals surface area (Å²) in [6.45, 7) is 3.15. The van der Waals surface area contributed by atoms with E-state index < -0.39 is 0 Å². The third-order valence-electron chi connectivity index (χ3n) is 4.92. The Labute approximate surface area is 146 Å². The summed E-state index contributed by atoms with van der Waals surface area (Å²) < 4.78 is 10.9. The van der Waals surface area contributed by atoms with E-state index in [1.165, 1.54) is 5.56 Å². The van der Waals surface area contributed by atoms with Crippen molar-refractivity contribution < 1.29 is 14.4 Å². The van der Waals surface area contributed by atoms with E-state index in [9.17, 15) is 10.1 Å². The van der Waals surface area contributed by atoms with Gasteiger partial charge in [-0.3, -0.25) is 15.0 Å². The zero-order valence-corrected chi connectivity index (χ0v) is 13.9. The van der Waals surface area contributed by atoms with Crippen LogP contribution in [0.2, 0.25) is 0 Å². The second-order valence-corrected chi connectivity index (χ2v) is 6.59. The summed E-state index contributed by atoms with van der Waals surface area (Å²) >= 11 is 0. The average Bonchev–Trinajstić information content (AvgIpc) is 3.11. The van der Waals surface area contributed by atoms with Gasteiger partial charge in [0.1, 0.15) is 5.75 Å². The second kappa shape index (κ2) is 6.82. The number of fused-ring (bicyclic) bond motifs is 1. The Morgan fingerprint density at radius 3 is 2.88 bits per heavy atom. The SMILES string of the molecule is O=[N+]([O-])c1cc2c(c(CN3CC[C@H](c4ccccc4)C3)c1)OCOC2. The number of hydrogen-bond donors (Lipinski definition) is 0. The van der Waals surface area contributed by atoms with Crippen LogP contribution in [0.3, 0.4) is 0 Å². The van der Waals surface area contributed by atoms with Gasteiger partial charge in [0.2, 0.25) is 0 Å². The van der Waals surface area contributed by atoms with Gasteiger partial charge in [-0.25, -0.2) is 0 Å². The quantitative estimate of drug-likeness (QED) is 0.630. The molecule has 2 heterocycles. The van der Waals surface area contributed by atoms with Crippen LogP contribution >= 0.6 is 0 Å². The van der Waals surface area contributed by atoms with E-state index in [1.54, 1.807) is 12.1 Å². The van der Waals surface area contributed by atoms with E-state index in [0.717, 1.165) is 36.4 Å². The van der Waals surface area contributed by atoms with Crippen molar-refractivity contribution in [2.24, 2.45) is 0 Å². The molecule has 0 saturated carbocycles. The highest BCUT2D eigenvalue weighted by Crippen LogP contribution is 2.35. The largest absolute Gasteiger partial charge is 0.467 e. The van der Waals surface area contributed by atoms with Gasteiger partial charge in [0.25, 0.3) is 5.69 Å². The van der Waals surface area contributed by atoms with Crippen LogP contribution in [0.5, 0.6) is 5.75 Å². The maximum absolute atomic E-state index is 11.2. The molecule has 6 nitrogen and oxygen atoms in total. The lowest BCUT2D eigenvalue weighted by Crippen LogP contribution is -2.22. The Morgan fingerprint density at radius 1 is 1.24 bits per heavy atom. The van der Waals surface area contributed by atoms with Crippen molar-refractivity contribution >= 4 is 5.69 Å². The molecule has 1 saturated heterocycles. The first-order valence-electron chi connectivity index (χ1n) is 8.49. The zero-order valence-electron chi connectivity index (χ0n) is 13.9. The summed E-state index contributed by atoms with van der Waals surface area (Å²) in [5.41, 5.74) is 3.09. The van der Waals surface area contributed by atoms with Crippen LogP contribution in [0.25, 0.3) is 0 Å². The van der Waals surface area contributed by atoms with Gasteiger partial charge in [0.05, 0.1) is 11.5 Å². The molecule has 6 heteroatoms. The van der Waals surface area contributed by atoms with Crippen LogP contribution in [0.1, 0.15) is 29.0 Å². The van der Waals surface area contributed by atoms with Crippen LogP contribution in [0.4, 0.5) is 5.69 Å². The van der Waals surface area contributed by atoms with Gasteiger partial charge in [-0.1, -0.05) is 30.3 Å². The fourth-order valence-corrected chi connectivity index (χ4v) is 3.72. The van der Waals surface area contributed by atoms with Crippen molar-refractivity contribution in [2.45, 2.75) is 25.5 Å². The molecule has 0 aliphatic carbocycles. The lowest BCUT2D eigenvalue weighted by molar-refractivity contribution is -0.385. The highest BCUT2D eigenvalue weighted by atomic mass is 16.7. The first-order valence-corrected chi connectivity index (χ1v) is 8.49. The van der Waals surface area contributed by atoms with Crippen molar-refractivity contribution in [3.05, 3.63) is 69.3 Å². The van der Waals surface area contributed by atoms with Crippen LogP contribution in [-0.2, 0) is 17.9 Å². The molecule has 25 heavy (non-hydrogen) atoms. The first kappa shape index (κ1) is 16.1. The smallest absolute Gasteiger partial charge is 0.270 e. The maximum atomic E-state index is 11.2. The summed E-state index contributed by atoms with van der Waals surface area (Å²) in [5, 5.41) is 11.2. The molecule has 1 fully saturated rings. The lowest BCUT2D eigenvalue weighted by atomic mass is 9.99. The number of non-ortho nitro benzene ring substituents is 1. The summed E-state index contributed by atoms with van der Waals surface area (Å²) in [5.74, 6) is 1.26. The molecule has 2 aromatic carbocycles. The Morgan fingerprint density at radius 2 is 2.08 bits per heavy atom. The van der Waals surface area contributed by atoms with Crippen LogP contribution < -0.4 is 4.74 Å². The topological polar surface area (TPSA) is 64.8 Å². The number of rotatable bonds is 4. The van der Waals surface area contributed by atoms with E-state index in [0.29, 0.717) is 19.1 Å². The zero-order chi connectivity index (χ0) is 17.2. The third-order valence-corrected chi connectivity index (χ3v) is 4.92. The fraction of sp³-hybridized carbons (Fsp3) is 0.368. The molecule has 1 atom stereocenters. The summed E-state index contributed by atoms with van der Waals surface area (Å²) in [7, 11) is 0. The van der Waals surface area contributed by atoms with E-state index in [1.807, 2.05) is 6.07 Å². The molecular weight excluding hydrogens is 320 g/mol. The third kappa shape index (κ3) is 3.36. The van der Waals surface area contributed by atoms with Crippen molar-refractivity contribution in [1.29, 1.82) is 0 Å². The van der Waals surface area contributed by atoms with E-state index in [-0.39, 0.29) is 17.4 Å². The molecular formula is C19H20N2O4. The van der Waals surface area contributed by atoms with Crippen LogP contribution in [0.15, 0.2) is 42.5 Å². The predicted molar refractivity (Wildman–Crippen MR) is 92.5 cm³/mol. The van der Waals surface area contributed by atoms with Gasteiger partial charge in [-0.2, -0.15) is 0 Å². The molecule has 0 radical (unpaired) electrons.